The zero-order chi connectivity index (χ0) is 25.9. The molecule has 0 aromatic heterocycles. The predicted octanol–water partition coefficient (Wildman–Crippen LogP) is 4.13. The van der Waals surface area contributed by atoms with Gasteiger partial charge in [0.1, 0.15) is 0 Å². The number of carbonyl (C=O) groups excluding carboxylic acids is 3. The average molecular weight is 496 g/mol. The quantitative estimate of drug-likeness (QED) is 0.295. The molecule has 0 saturated carbocycles. The number of fused-ring (bicyclic) bond motifs is 1. The van der Waals surface area contributed by atoms with E-state index in [9.17, 15) is 19.6 Å². The number of rotatable bonds is 10. The largest absolute Gasteiger partial charge is 0.342 e. The zero-order valence-corrected chi connectivity index (χ0v) is 20.8. The van der Waals surface area contributed by atoms with Gasteiger partial charge in [0.25, 0.3) is 5.91 Å². The summed E-state index contributed by atoms with van der Waals surface area (Å²) in [5.41, 5.74) is 2.46. The molecule has 192 valence electrons. The first-order valence-corrected chi connectivity index (χ1v) is 12.6. The van der Waals surface area contributed by atoms with E-state index in [0.717, 1.165) is 10.5 Å². The lowest BCUT2D eigenvalue weighted by Gasteiger charge is -2.37. The first kappa shape index (κ1) is 25.8. The number of alkyl halides is 1. The fraction of sp³-hybridized carbons (Fsp3) is 0.464. The zero-order valence-electron chi connectivity index (χ0n) is 20.8. The van der Waals surface area contributed by atoms with E-state index in [-0.39, 0.29) is 24.8 Å². The summed E-state index contributed by atoms with van der Waals surface area (Å²) in [5.74, 6) is -2.00. The van der Waals surface area contributed by atoms with Gasteiger partial charge >= 0.3 is 0 Å². The van der Waals surface area contributed by atoms with Crippen molar-refractivity contribution >= 4 is 17.7 Å². The summed E-state index contributed by atoms with van der Waals surface area (Å²) in [6, 6.07) is 16.4. The van der Waals surface area contributed by atoms with E-state index in [0.29, 0.717) is 43.5 Å². The lowest BCUT2D eigenvalue weighted by atomic mass is 9.67. The van der Waals surface area contributed by atoms with Crippen LogP contribution in [0.5, 0.6) is 0 Å². The molecule has 1 fully saturated rings. The Hall–Kier alpha value is -3.26. The summed E-state index contributed by atoms with van der Waals surface area (Å²) in [6.07, 6.45) is 0.0838. The number of nitrogens with one attached hydrogen (secondary N) is 1. The summed E-state index contributed by atoms with van der Waals surface area (Å²) in [6.45, 7) is 4.99. The van der Waals surface area contributed by atoms with Crippen molar-refractivity contribution in [3.05, 3.63) is 71.3 Å². The fourth-order valence-electron chi connectivity index (χ4n) is 5.91. The van der Waals surface area contributed by atoms with Crippen LogP contribution < -0.4 is 5.48 Å². The van der Waals surface area contributed by atoms with E-state index in [1.807, 2.05) is 44.2 Å². The highest BCUT2D eigenvalue weighted by molar-refractivity contribution is 5.99. The molecule has 0 bridgehead atoms. The van der Waals surface area contributed by atoms with Crippen molar-refractivity contribution < 1.29 is 24.0 Å². The molecular weight excluding hydrogens is 461 g/mol. The second-order valence-electron chi connectivity index (χ2n) is 10.3. The van der Waals surface area contributed by atoms with Crippen LogP contribution in [0, 0.1) is 17.3 Å². The van der Waals surface area contributed by atoms with Crippen LogP contribution >= 0.6 is 0 Å². The predicted molar refractivity (Wildman–Crippen MR) is 133 cm³/mol. The molecule has 2 N–H and O–H groups in total. The number of benzene rings is 2. The van der Waals surface area contributed by atoms with Gasteiger partial charge in [-0.2, -0.15) is 0 Å². The molecule has 0 spiro atoms. The number of hydrogen-bond donors (Lipinski definition) is 2. The van der Waals surface area contributed by atoms with Crippen molar-refractivity contribution in [1.29, 1.82) is 0 Å². The Balaban J connectivity index is 1.54. The molecule has 3 amide bonds. The Bertz CT molecular complexity index is 1110. The molecule has 0 aliphatic carbocycles. The van der Waals surface area contributed by atoms with Crippen LogP contribution in [0.4, 0.5) is 4.39 Å². The molecule has 3 unspecified atom stereocenters. The second kappa shape index (κ2) is 10.8. The smallest absolute Gasteiger partial charge is 0.256 e. The molecule has 7 nitrogen and oxygen atoms in total. The molecule has 4 rings (SSSR count). The van der Waals surface area contributed by atoms with E-state index in [1.165, 1.54) is 0 Å². The van der Waals surface area contributed by atoms with Gasteiger partial charge in [0, 0.05) is 30.8 Å². The van der Waals surface area contributed by atoms with E-state index >= 15 is 4.39 Å². The third kappa shape index (κ3) is 4.87. The summed E-state index contributed by atoms with van der Waals surface area (Å²) in [4.78, 5) is 42.6. The average Bonchev–Trinajstić information content (AvgIpc) is 3.32. The maximum Gasteiger partial charge on any atom is 0.256 e. The van der Waals surface area contributed by atoms with Gasteiger partial charge in [-0.1, -0.05) is 62.4 Å². The summed E-state index contributed by atoms with van der Waals surface area (Å²) < 4.78 is 15.1. The number of hydrogen-bond acceptors (Lipinski definition) is 4. The van der Waals surface area contributed by atoms with Crippen LogP contribution in [-0.2, 0) is 16.0 Å². The fourth-order valence-corrected chi connectivity index (χ4v) is 5.91. The van der Waals surface area contributed by atoms with E-state index in [2.05, 4.69) is 0 Å². The lowest BCUT2D eigenvalue weighted by Crippen LogP contribution is -2.48. The number of amides is 3. The molecule has 2 aliphatic rings. The Morgan fingerprint density at radius 1 is 1.11 bits per heavy atom. The van der Waals surface area contributed by atoms with Crippen molar-refractivity contribution in [2.45, 2.75) is 45.8 Å². The van der Waals surface area contributed by atoms with Crippen molar-refractivity contribution in [1.82, 2.24) is 15.3 Å². The summed E-state index contributed by atoms with van der Waals surface area (Å²) >= 11 is 0. The maximum atomic E-state index is 15.1. The maximum absolute atomic E-state index is 15.1. The molecule has 3 atom stereocenters. The summed E-state index contributed by atoms with van der Waals surface area (Å²) in [5, 5.41) is 9.58. The van der Waals surface area contributed by atoms with Crippen LogP contribution in [0.15, 0.2) is 54.6 Å². The van der Waals surface area contributed by atoms with Crippen LogP contribution in [-0.4, -0.2) is 52.4 Å². The van der Waals surface area contributed by atoms with Crippen LogP contribution in [0.2, 0.25) is 0 Å². The van der Waals surface area contributed by atoms with Gasteiger partial charge in [0.05, 0.1) is 11.3 Å². The van der Waals surface area contributed by atoms with E-state index in [4.69, 9.17) is 0 Å². The first-order chi connectivity index (χ1) is 17.3. The van der Waals surface area contributed by atoms with Gasteiger partial charge in [-0.3, -0.25) is 19.6 Å². The monoisotopic (exact) mass is 495 g/mol. The topological polar surface area (TPSA) is 89.9 Å². The minimum Gasteiger partial charge on any atom is -0.342 e. The van der Waals surface area contributed by atoms with Crippen molar-refractivity contribution in [3.63, 3.8) is 0 Å². The molecule has 0 radical (unpaired) electrons. The van der Waals surface area contributed by atoms with Crippen LogP contribution in [0.3, 0.4) is 0 Å². The standard InChI is InChI=1S/C28H34FN3O4/c1-19(2)18-28(14-17-31(27(28)35)15-12-20-8-4-3-5-9-20)23(25(33)30-36)13-16-32-24(29)21-10-6-7-11-22(21)26(32)34/h3-11,19,23-24,36H,12-18H2,1-2H3,(H,30,33). The van der Waals surface area contributed by atoms with Crippen molar-refractivity contribution in [3.8, 4) is 0 Å². The molecule has 8 heteroatoms. The molecule has 2 aliphatic heterocycles. The van der Waals surface area contributed by atoms with Crippen molar-refractivity contribution in [2.24, 2.45) is 17.3 Å². The normalized spacial score (nSPS) is 22.3. The number of hydroxylamine groups is 1. The molecule has 2 aromatic carbocycles. The Kier molecular flexibility index (Phi) is 7.73. The Labute approximate surface area is 211 Å². The van der Waals surface area contributed by atoms with Gasteiger partial charge in [-0.05, 0) is 43.2 Å². The van der Waals surface area contributed by atoms with Crippen LogP contribution in [0.1, 0.15) is 60.9 Å². The minimum atomic E-state index is -1.60. The van der Waals surface area contributed by atoms with Gasteiger partial charge in [0.15, 0.2) is 0 Å². The number of halogens is 1. The number of likely N-dealkylation sites (tertiary alicyclic amines) is 1. The first-order valence-electron chi connectivity index (χ1n) is 12.6. The number of carbonyl (C=O) groups is 3. The molecule has 36 heavy (non-hydrogen) atoms. The third-order valence-electron chi connectivity index (χ3n) is 7.56. The molecule has 1 saturated heterocycles. The van der Waals surface area contributed by atoms with Gasteiger partial charge in [0.2, 0.25) is 18.1 Å². The minimum absolute atomic E-state index is 0.0378. The van der Waals surface area contributed by atoms with E-state index < -0.39 is 29.4 Å². The Morgan fingerprint density at radius 3 is 2.47 bits per heavy atom. The highest BCUT2D eigenvalue weighted by Crippen LogP contribution is 2.47. The summed E-state index contributed by atoms with van der Waals surface area (Å²) in [7, 11) is 0. The van der Waals surface area contributed by atoms with Crippen LogP contribution in [0.25, 0.3) is 0 Å². The lowest BCUT2D eigenvalue weighted by molar-refractivity contribution is -0.150. The molecule has 2 aromatic rings. The highest BCUT2D eigenvalue weighted by atomic mass is 19.1. The SMILES string of the molecule is CC(C)CC1(C(CCN2C(=O)c3ccccc3C2F)C(=O)NO)CCN(CCc2ccccc2)C1=O. The van der Waals surface area contributed by atoms with Gasteiger partial charge < -0.3 is 9.80 Å². The Morgan fingerprint density at radius 2 is 1.81 bits per heavy atom. The number of nitrogens with zero attached hydrogens (tertiary/aromatic N) is 2. The highest BCUT2D eigenvalue weighted by Gasteiger charge is 2.54. The van der Waals surface area contributed by atoms with Crippen molar-refractivity contribution in [2.75, 3.05) is 19.6 Å². The van der Waals surface area contributed by atoms with Gasteiger partial charge in [-0.15, -0.1) is 0 Å². The van der Waals surface area contributed by atoms with E-state index in [1.54, 1.807) is 34.6 Å². The second-order valence-corrected chi connectivity index (χ2v) is 10.3. The third-order valence-corrected chi connectivity index (χ3v) is 7.56. The molecular formula is C28H34FN3O4. The van der Waals surface area contributed by atoms with Gasteiger partial charge in [-0.25, -0.2) is 9.87 Å². The molecule has 2 heterocycles.